The maximum atomic E-state index is 11.0. The molecule has 6 nitrogen and oxygen atoms in total. The largest absolute Gasteiger partial charge is 0.379 e. The number of non-ortho nitro benzene ring substituents is 1. The number of hydrogen-bond acceptors (Lipinski definition) is 5. The number of nitro benzene ring substituents is 1. The van der Waals surface area contributed by atoms with E-state index in [0.29, 0.717) is 11.4 Å². The maximum Gasteiger partial charge on any atom is 0.278 e. The Morgan fingerprint density at radius 3 is 2.83 bits per heavy atom. The Kier molecular flexibility index (Phi) is 2.56. The van der Waals surface area contributed by atoms with Crippen molar-refractivity contribution in [3.05, 3.63) is 40.7 Å². The molecule has 0 atom stereocenters. The van der Waals surface area contributed by atoms with Gasteiger partial charge in [-0.2, -0.15) is 0 Å². The van der Waals surface area contributed by atoms with Gasteiger partial charge in [0.15, 0.2) is 0 Å². The van der Waals surface area contributed by atoms with Crippen molar-refractivity contribution in [3.63, 3.8) is 0 Å². The van der Waals surface area contributed by atoms with Gasteiger partial charge in [-0.1, -0.05) is 0 Å². The van der Waals surface area contributed by atoms with Crippen LogP contribution in [0.3, 0.4) is 0 Å². The lowest BCUT2D eigenvalue weighted by Crippen LogP contribution is -2.51. The SMILES string of the molecule is O=[N+]([O-])c1ccc(NC2CNC2)c2ccncc12. The summed E-state index contributed by atoms with van der Waals surface area (Å²) in [7, 11) is 0. The van der Waals surface area contributed by atoms with Crippen molar-refractivity contribution in [2.75, 3.05) is 18.4 Å². The van der Waals surface area contributed by atoms with Gasteiger partial charge in [0.2, 0.25) is 0 Å². The number of pyridine rings is 1. The van der Waals surface area contributed by atoms with Gasteiger partial charge in [-0.3, -0.25) is 15.1 Å². The van der Waals surface area contributed by atoms with E-state index in [1.807, 2.05) is 0 Å². The first-order chi connectivity index (χ1) is 8.75. The molecule has 6 heteroatoms. The number of anilines is 1. The van der Waals surface area contributed by atoms with E-state index >= 15 is 0 Å². The Labute approximate surface area is 103 Å². The van der Waals surface area contributed by atoms with Crippen LogP contribution in [0.2, 0.25) is 0 Å². The normalized spacial score (nSPS) is 15.3. The molecular weight excluding hydrogens is 232 g/mol. The van der Waals surface area contributed by atoms with Gasteiger partial charge >= 0.3 is 0 Å². The lowest BCUT2D eigenvalue weighted by atomic mass is 10.1. The smallest absolute Gasteiger partial charge is 0.278 e. The molecule has 3 rings (SSSR count). The third-order valence-electron chi connectivity index (χ3n) is 3.13. The number of nitro groups is 1. The van der Waals surface area contributed by atoms with Gasteiger partial charge in [0.05, 0.1) is 16.4 Å². The van der Waals surface area contributed by atoms with E-state index in [-0.39, 0.29) is 10.6 Å². The van der Waals surface area contributed by atoms with Crippen LogP contribution >= 0.6 is 0 Å². The Bertz CT molecular complexity index is 610. The average Bonchev–Trinajstić information content (AvgIpc) is 2.33. The maximum absolute atomic E-state index is 11.0. The van der Waals surface area contributed by atoms with Crippen molar-refractivity contribution in [1.82, 2.24) is 10.3 Å². The van der Waals surface area contributed by atoms with Crippen molar-refractivity contribution in [2.45, 2.75) is 6.04 Å². The van der Waals surface area contributed by atoms with Gasteiger partial charge in [-0.15, -0.1) is 0 Å². The fourth-order valence-corrected chi connectivity index (χ4v) is 2.07. The second-order valence-corrected chi connectivity index (χ2v) is 4.31. The van der Waals surface area contributed by atoms with Crippen LogP contribution in [0.4, 0.5) is 11.4 Å². The van der Waals surface area contributed by atoms with Gasteiger partial charge < -0.3 is 10.6 Å². The lowest BCUT2D eigenvalue weighted by Gasteiger charge is -2.29. The molecule has 0 unspecified atom stereocenters. The number of benzene rings is 1. The lowest BCUT2D eigenvalue weighted by molar-refractivity contribution is -0.383. The third-order valence-corrected chi connectivity index (χ3v) is 3.13. The van der Waals surface area contributed by atoms with Crippen LogP contribution in [0.1, 0.15) is 0 Å². The molecule has 0 amide bonds. The molecule has 0 spiro atoms. The van der Waals surface area contributed by atoms with Crippen LogP contribution in [0.5, 0.6) is 0 Å². The zero-order valence-corrected chi connectivity index (χ0v) is 9.59. The molecule has 0 saturated carbocycles. The summed E-state index contributed by atoms with van der Waals surface area (Å²) in [6.07, 6.45) is 3.19. The van der Waals surface area contributed by atoms with Crippen LogP contribution in [-0.4, -0.2) is 29.0 Å². The number of nitrogens with zero attached hydrogens (tertiary/aromatic N) is 2. The number of nitrogens with one attached hydrogen (secondary N) is 2. The zero-order chi connectivity index (χ0) is 12.5. The Balaban J connectivity index is 2.10. The molecule has 1 aromatic carbocycles. The Morgan fingerprint density at radius 1 is 1.33 bits per heavy atom. The van der Waals surface area contributed by atoms with Crippen molar-refractivity contribution < 1.29 is 4.92 Å². The molecule has 2 aromatic rings. The standard InChI is InChI=1S/C12H12N4O2/c17-16(18)12-2-1-11(15-8-5-14-6-8)9-3-4-13-7-10(9)12/h1-4,7-8,14-15H,5-6H2. The molecule has 1 fully saturated rings. The highest BCUT2D eigenvalue weighted by Crippen LogP contribution is 2.31. The van der Waals surface area contributed by atoms with Crippen LogP contribution in [0.25, 0.3) is 10.8 Å². The highest BCUT2D eigenvalue weighted by atomic mass is 16.6. The first-order valence-electron chi connectivity index (χ1n) is 5.74. The summed E-state index contributed by atoms with van der Waals surface area (Å²) in [5.74, 6) is 0. The van der Waals surface area contributed by atoms with Crippen molar-refractivity contribution in [3.8, 4) is 0 Å². The van der Waals surface area contributed by atoms with Crippen LogP contribution in [0, 0.1) is 10.1 Å². The molecule has 0 radical (unpaired) electrons. The number of fused-ring (bicyclic) bond motifs is 1. The van der Waals surface area contributed by atoms with E-state index in [1.165, 1.54) is 12.3 Å². The first-order valence-corrected chi connectivity index (χ1v) is 5.74. The molecule has 18 heavy (non-hydrogen) atoms. The molecule has 1 aliphatic rings. The second kappa shape index (κ2) is 4.23. The zero-order valence-electron chi connectivity index (χ0n) is 9.59. The fraction of sp³-hybridized carbons (Fsp3) is 0.250. The number of rotatable bonds is 3. The number of aromatic nitrogens is 1. The van der Waals surface area contributed by atoms with E-state index in [0.717, 1.165) is 24.2 Å². The monoisotopic (exact) mass is 244 g/mol. The molecule has 1 saturated heterocycles. The van der Waals surface area contributed by atoms with Crippen molar-refractivity contribution in [2.24, 2.45) is 0 Å². The highest BCUT2D eigenvalue weighted by Gasteiger charge is 2.19. The molecular formula is C12H12N4O2. The molecule has 0 bridgehead atoms. The summed E-state index contributed by atoms with van der Waals surface area (Å²) in [5, 5.41) is 18.9. The molecule has 2 N–H and O–H groups in total. The minimum absolute atomic E-state index is 0.0929. The van der Waals surface area contributed by atoms with Crippen molar-refractivity contribution >= 4 is 22.1 Å². The molecule has 2 heterocycles. The van der Waals surface area contributed by atoms with Gasteiger partial charge in [-0.25, -0.2) is 0 Å². The average molecular weight is 244 g/mol. The minimum Gasteiger partial charge on any atom is -0.379 e. The van der Waals surface area contributed by atoms with E-state index in [1.54, 1.807) is 18.3 Å². The summed E-state index contributed by atoms with van der Waals surface area (Å²) in [4.78, 5) is 14.6. The topological polar surface area (TPSA) is 80.1 Å². The molecule has 92 valence electrons. The Morgan fingerprint density at radius 2 is 2.17 bits per heavy atom. The summed E-state index contributed by atoms with van der Waals surface area (Å²) in [6, 6.07) is 5.48. The second-order valence-electron chi connectivity index (χ2n) is 4.31. The third kappa shape index (κ3) is 1.76. The van der Waals surface area contributed by atoms with Gasteiger partial charge in [0.1, 0.15) is 0 Å². The van der Waals surface area contributed by atoms with Crippen molar-refractivity contribution in [1.29, 1.82) is 0 Å². The number of hydrogen-bond donors (Lipinski definition) is 2. The summed E-state index contributed by atoms with van der Waals surface area (Å²) >= 11 is 0. The van der Waals surface area contributed by atoms with Crippen LogP contribution < -0.4 is 10.6 Å². The van der Waals surface area contributed by atoms with Crippen LogP contribution in [0.15, 0.2) is 30.6 Å². The highest BCUT2D eigenvalue weighted by molar-refractivity contribution is 5.99. The molecule has 1 aromatic heterocycles. The molecule has 1 aliphatic heterocycles. The fourth-order valence-electron chi connectivity index (χ4n) is 2.07. The summed E-state index contributed by atoms with van der Waals surface area (Å²) in [6.45, 7) is 1.84. The van der Waals surface area contributed by atoms with E-state index < -0.39 is 0 Å². The quantitative estimate of drug-likeness (QED) is 0.632. The van der Waals surface area contributed by atoms with Gasteiger partial charge in [0.25, 0.3) is 5.69 Å². The minimum atomic E-state index is -0.376. The molecule has 0 aliphatic carbocycles. The van der Waals surface area contributed by atoms with Gasteiger partial charge in [-0.05, 0) is 12.1 Å². The van der Waals surface area contributed by atoms with E-state index in [9.17, 15) is 10.1 Å². The Hall–Kier alpha value is -2.21. The predicted octanol–water partition coefficient (Wildman–Crippen LogP) is 1.53. The van der Waals surface area contributed by atoms with Gasteiger partial charge in [0, 0.05) is 42.6 Å². The van der Waals surface area contributed by atoms with Crippen LogP contribution in [-0.2, 0) is 0 Å². The predicted molar refractivity (Wildman–Crippen MR) is 68.7 cm³/mol. The van der Waals surface area contributed by atoms with E-state index in [2.05, 4.69) is 15.6 Å². The summed E-state index contributed by atoms with van der Waals surface area (Å²) in [5.41, 5.74) is 1.01. The summed E-state index contributed by atoms with van der Waals surface area (Å²) < 4.78 is 0. The first kappa shape index (κ1) is 10.9. The van der Waals surface area contributed by atoms with E-state index in [4.69, 9.17) is 0 Å².